The molecule has 0 N–H and O–H groups in total. The van der Waals surface area contributed by atoms with E-state index < -0.39 is 116 Å². The second-order valence-corrected chi connectivity index (χ2v) is 11.5. The van der Waals surface area contributed by atoms with Gasteiger partial charge in [0.05, 0.1) is 0 Å². The van der Waals surface area contributed by atoms with Crippen molar-refractivity contribution in [3.63, 3.8) is 0 Å². The van der Waals surface area contributed by atoms with Crippen LogP contribution in [0.1, 0.15) is 55.4 Å². The summed E-state index contributed by atoms with van der Waals surface area (Å²) >= 11 is 1.21. The number of ether oxygens (including phenoxy) is 10. The monoisotopic (exact) mass is 680 g/mol. The van der Waals surface area contributed by atoms with Crippen LogP contribution in [-0.4, -0.2) is 121 Å². The van der Waals surface area contributed by atoms with Gasteiger partial charge in [0, 0.05) is 48.5 Å². The maximum absolute atomic E-state index is 12.3. The molecular weight excluding hydrogens is 640 g/mol. The first kappa shape index (κ1) is 38.7. The van der Waals surface area contributed by atoms with Gasteiger partial charge in [-0.2, -0.15) is 0 Å². The van der Waals surface area contributed by atoms with Crippen LogP contribution in [0.2, 0.25) is 0 Å². The van der Waals surface area contributed by atoms with Gasteiger partial charge in [-0.1, -0.05) is 6.92 Å². The van der Waals surface area contributed by atoms with Crippen molar-refractivity contribution in [3.05, 3.63) is 0 Å². The zero-order valence-electron chi connectivity index (χ0n) is 26.7. The molecule has 0 aromatic rings. The van der Waals surface area contributed by atoms with E-state index >= 15 is 0 Å². The highest BCUT2D eigenvalue weighted by atomic mass is 32.2. The van der Waals surface area contributed by atoms with Gasteiger partial charge in [0.25, 0.3) is 0 Å². The minimum absolute atomic E-state index is 0.434. The molecule has 0 unspecified atom stereocenters. The quantitative estimate of drug-likeness (QED) is 0.190. The molecule has 0 spiro atoms. The Morgan fingerprint density at radius 2 is 0.891 bits per heavy atom. The molecule has 0 saturated carbocycles. The van der Waals surface area contributed by atoms with Crippen molar-refractivity contribution in [1.82, 2.24) is 0 Å². The van der Waals surface area contributed by atoms with Crippen LogP contribution in [0, 0.1) is 0 Å². The van der Waals surface area contributed by atoms with Crippen LogP contribution in [0.5, 0.6) is 0 Å². The van der Waals surface area contributed by atoms with Crippen molar-refractivity contribution in [2.24, 2.45) is 0 Å². The average molecular weight is 681 g/mol. The number of thioether (sulfide) groups is 1. The van der Waals surface area contributed by atoms with Crippen molar-refractivity contribution in [3.8, 4) is 0 Å². The summed E-state index contributed by atoms with van der Waals surface area (Å²) in [5, 5.41) is 0. The molecule has 260 valence electrons. The molecule has 2 fully saturated rings. The summed E-state index contributed by atoms with van der Waals surface area (Å²) in [6, 6.07) is 0. The van der Waals surface area contributed by atoms with E-state index in [9.17, 15) is 33.6 Å². The van der Waals surface area contributed by atoms with Crippen LogP contribution < -0.4 is 0 Å². The Bertz CT molecular complexity index is 1130. The average Bonchev–Trinajstić information content (AvgIpc) is 2.91. The third-order valence-corrected chi connectivity index (χ3v) is 7.26. The van der Waals surface area contributed by atoms with Gasteiger partial charge >= 0.3 is 41.8 Å². The van der Waals surface area contributed by atoms with Crippen LogP contribution in [0.3, 0.4) is 0 Å². The van der Waals surface area contributed by atoms with Crippen molar-refractivity contribution in [2.75, 3.05) is 19.0 Å². The van der Waals surface area contributed by atoms with Crippen molar-refractivity contribution >= 4 is 53.5 Å². The fourth-order valence-corrected chi connectivity index (χ4v) is 5.72. The minimum atomic E-state index is -1.72. The Hall–Kier alpha value is -3.48. The van der Waals surface area contributed by atoms with E-state index in [1.807, 2.05) is 0 Å². The summed E-state index contributed by atoms with van der Waals surface area (Å²) in [6.07, 6.45) is -13.1. The molecule has 2 aliphatic heterocycles. The van der Waals surface area contributed by atoms with E-state index in [2.05, 4.69) is 0 Å². The molecular formula is C28H40O17S. The van der Waals surface area contributed by atoms with E-state index in [-0.39, 0.29) is 0 Å². The third kappa shape index (κ3) is 11.7. The van der Waals surface area contributed by atoms with Crippen LogP contribution in [0.25, 0.3) is 0 Å². The molecule has 46 heavy (non-hydrogen) atoms. The molecule has 0 aromatic carbocycles. The van der Waals surface area contributed by atoms with Crippen LogP contribution >= 0.6 is 11.8 Å². The van der Waals surface area contributed by atoms with E-state index in [4.69, 9.17) is 47.4 Å². The summed E-state index contributed by atoms with van der Waals surface area (Å²) in [7, 11) is 0. The predicted octanol–water partition coefficient (Wildman–Crippen LogP) is 0.359. The Morgan fingerprint density at radius 1 is 0.500 bits per heavy atom. The molecule has 0 radical (unpaired) electrons. The van der Waals surface area contributed by atoms with E-state index in [1.165, 1.54) is 11.8 Å². The summed E-state index contributed by atoms with van der Waals surface area (Å²) in [6.45, 7) is 8.52. The first-order valence-corrected chi connectivity index (χ1v) is 15.3. The molecule has 0 amide bonds. The normalized spacial score (nSPS) is 30.6. The minimum Gasteiger partial charge on any atom is -0.463 e. The number of carbonyl (C=O) groups is 7. The smallest absolute Gasteiger partial charge is 0.303 e. The molecule has 2 rings (SSSR count). The Balaban J connectivity index is 2.70. The molecule has 17 nitrogen and oxygen atoms in total. The zero-order valence-corrected chi connectivity index (χ0v) is 27.6. The number of hydrogen-bond donors (Lipinski definition) is 0. The van der Waals surface area contributed by atoms with Gasteiger partial charge in [0.2, 0.25) is 0 Å². The second-order valence-electron chi connectivity index (χ2n) is 10.1. The Labute approximate surface area is 269 Å². The van der Waals surface area contributed by atoms with E-state index in [1.54, 1.807) is 6.92 Å². The molecule has 10 atom stereocenters. The molecule has 2 aliphatic rings. The standard InChI is InChI=1S/C28H40O17S/c1-9-46-28-26(42-18(8)35)24(40-16(6)33)22(20(44-28)11-37-13(3)30)45-27-25(41-17(7)34)23(39-15(5)32)21(38-14(4)31)19(43-27)10-36-12(2)29/h19-28H,9-11H2,1-8H3/t19-,20-,21-,22-,23+,24+,25-,26-,27+,28-/m1/s1. The maximum atomic E-state index is 12.3. The highest BCUT2D eigenvalue weighted by molar-refractivity contribution is 7.99. The lowest BCUT2D eigenvalue weighted by molar-refractivity contribution is -0.341. The number of hydrogen-bond acceptors (Lipinski definition) is 18. The predicted molar refractivity (Wildman–Crippen MR) is 151 cm³/mol. The van der Waals surface area contributed by atoms with E-state index in [0.717, 1.165) is 48.5 Å². The van der Waals surface area contributed by atoms with Crippen LogP contribution in [0.15, 0.2) is 0 Å². The van der Waals surface area contributed by atoms with Crippen LogP contribution in [0.4, 0.5) is 0 Å². The molecule has 0 aliphatic carbocycles. The number of carbonyl (C=O) groups excluding carboxylic acids is 7. The summed E-state index contributed by atoms with van der Waals surface area (Å²) in [5.74, 6) is -5.06. The maximum Gasteiger partial charge on any atom is 0.303 e. The van der Waals surface area contributed by atoms with Gasteiger partial charge in [0.15, 0.2) is 36.8 Å². The van der Waals surface area contributed by atoms with Gasteiger partial charge in [-0.15, -0.1) is 11.8 Å². The lowest BCUT2D eigenvalue weighted by Gasteiger charge is -2.48. The van der Waals surface area contributed by atoms with Crippen molar-refractivity contribution in [1.29, 1.82) is 0 Å². The first-order chi connectivity index (χ1) is 21.5. The van der Waals surface area contributed by atoms with Crippen molar-refractivity contribution in [2.45, 2.75) is 116 Å². The topological polar surface area (TPSA) is 212 Å². The van der Waals surface area contributed by atoms with Crippen LogP contribution in [-0.2, 0) is 80.9 Å². The van der Waals surface area contributed by atoms with Gasteiger partial charge in [0.1, 0.15) is 37.0 Å². The highest BCUT2D eigenvalue weighted by Gasteiger charge is 2.57. The van der Waals surface area contributed by atoms with E-state index in [0.29, 0.717) is 5.75 Å². The lowest BCUT2D eigenvalue weighted by atomic mass is 9.96. The fraction of sp³-hybridized carbons (Fsp3) is 0.750. The fourth-order valence-electron chi connectivity index (χ4n) is 4.77. The Kier molecular flexibility index (Phi) is 15.2. The van der Waals surface area contributed by atoms with Gasteiger partial charge in [-0.3, -0.25) is 33.6 Å². The van der Waals surface area contributed by atoms with Gasteiger partial charge in [-0.25, -0.2) is 0 Å². The summed E-state index contributed by atoms with van der Waals surface area (Å²) < 4.78 is 56.1. The van der Waals surface area contributed by atoms with Gasteiger partial charge in [-0.05, 0) is 5.75 Å². The molecule has 0 bridgehead atoms. The Morgan fingerprint density at radius 3 is 1.33 bits per heavy atom. The lowest BCUT2D eigenvalue weighted by Crippen LogP contribution is -2.66. The molecule has 2 heterocycles. The number of rotatable bonds is 13. The molecule has 0 aromatic heterocycles. The highest BCUT2D eigenvalue weighted by Crippen LogP contribution is 2.37. The molecule has 18 heteroatoms. The van der Waals surface area contributed by atoms with Gasteiger partial charge < -0.3 is 47.4 Å². The molecule has 2 saturated heterocycles. The zero-order chi connectivity index (χ0) is 34.7. The first-order valence-electron chi connectivity index (χ1n) is 14.2. The summed E-state index contributed by atoms with van der Waals surface area (Å²) in [5.41, 5.74) is -0.922. The third-order valence-electron chi connectivity index (χ3n) is 6.22. The largest absolute Gasteiger partial charge is 0.463 e. The van der Waals surface area contributed by atoms with Crippen molar-refractivity contribution < 1.29 is 80.9 Å². The second kappa shape index (κ2) is 18.0. The number of esters is 7. The summed E-state index contributed by atoms with van der Waals surface area (Å²) in [4.78, 5) is 84.5. The SMILES string of the molecule is CCS[C@H]1O[C@H](COC(C)=O)[C@@H](O[C@@H]2O[C@H](COC(C)=O)[C@@H](OC(C)=O)[C@H](OC(C)=O)[C@H]2OC(C)=O)[C@H](OC(C)=O)[C@H]1OC(C)=O.